The first-order valence-electron chi connectivity index (χ1n) is 10.6. The van der Waals surface area contributed by atoms with E-state index in [1.165, 1.54) is 17.9 Å². The maximum Gasteiger partial charge on any atom is 0.344 e. The highest BCUT2D eigenvalue weighted by Crippen LogP contribution is 2.17. The zero-order chi connectivity index (χ0) is 24.2. The van der Waals surface area contributed by atoms with Crippen molar-refractivity contribution in [2.24, 2.45) is 14.1 Å². The number of aromatic nitrogens is 4. The van der Waals surface area contributed by atoms with Gasteiger partial charge in [0.05, 0.1) is 12.9 Å². The Morgan fingerprint density at radius 1 is 0.971 bits per heavy atom. The van der Waals surface area contributed by atoms with Crippen LogP contribution < -0.4 is 16.0 Å². The van der Waals surface area contributed by atoms with Gasteiger partial charge < -0.3 is 14.0 Å². The van der Waals surface area contributed by atoms with Crippen molar-refractivity contribution in [1.82, 2.24) is 18.7 Å². The molecule has 0 saturated heterocycles. The monoisotopic (exact) mass is 482 g/mol. The molecule has 2 aromatic carbocycles. The summed E-state index contributed by atoms with van der Waals surface area (Å²) >= 11 is 5.92. The fourth-order valence-corrected chi connectivity index (χ4v) is 3.68. The fraction of sp³-hybridized carbons (Fsp3) is 0.250. The lowest BCUT2D eigenvalue weighted by atomic mass is 10.1. The van der Waals surface area contributed by atoms with Crippen LogP contribution in [-0.2, 0) is 36.6 Å². The summed E-state index contributed by atoms with van der Waals surface area (Å²) < 4.78 is 14.6. The Morgan fingerprint density at radius 3 is 2.29 bits per heavy atom. The Bertz CT molecular complexity index is 1440. The zero-order valence-corrected chi connectivity index (χ0v) is 19.5. The number of esters is 1. The molecule has 0 aliphatic heterocycles. The second-order valence-corrected chi connectivity index (χ2v) is 8.21. The van der Waals surface area contributed by atoms with E-state index in [-0.39, 0.29) is 30.9 Å². The number of ether oxygens (including phenoxy) is 2. The topological polar surface area (TPSA) is 97.3 Å². The summed E-state index contributed by atoms with van der Waals surface area (Å²) in [7, 11) is 2.95. The molecular weight excluding hydrogens is 460 g/mol. The summed E-state index contributed by atoms with van der Waals surface area (Å²) in [6.07, 6.45) is 2.21. The molecule has 0 radical (unpaired) electrons. The normalized spacial score (nSPS) is 11.0. The molecule has 0 unspecified atom stereocenters. The van der Waals surface area contributed by atoms with Crippen LogP contribution in [0, 0.1) is 0 Å². The van der Waals surface area contributed by atoms with Gasteiger partial charge in [-0.3, -0.25) is 13.9 Å². The number of rotatable bonds is 8. The van der Waals surface area contributed by atoms with Crippen molar-refractivity contribution >= 4 is 28.7 Å². The number of carbonyl (C=O) groups is 1. The van der Waals surface area contributed by atoms with Crippen molar-refractivity contribution in [3.63, 3.8) is 0 Å². The number of benzene rings is 2. The number of carbonyl (C=O) groups excluding carboxylic acids is 1. The smallest absolute Gasteiger partial charge is 0.344 e. The molecule has 4 rings (SSSR count). The van der Waals surface area contributed by atoms with E-state index in [1.807, 2.05) is 36.4 Å². The summed E-state index contributed by atoms with van der Waals surface area (Å²) in [6.45, 7) is 0.00618. The van der Waals surface area contributed by atoms with Crippen molar-refractivity contribution < 1.29 is 14.3 Å². The largest absolute Gasteiger partial charge is 0.482 e. The molecule has 0 amide bonds. The second kappa shape index (κ2) is 9.96. The van der Waals surface area contributed by atoms with Crippen molar-refractivity contribution in [3.05, 3.63) is 91.8 Å². The van der Waals surface area contributed by atoms with Gasteiger partial charge in [0.15, 0.2) is 17.8 Å². The van der Waals surface area contributed by atoms with Gasteiger partial charge in [0, 0.05) is 19.1 Å². The quantitative estimate of drug-likeness (QED) is 0.357. The minimum atomic E-state index is -0.532. The van der Waals surface area contributed by atoms with Gasteiger partial charge >= 0.3 is 11.7 Å². The predicted molar refractivity (Wildman–Crippen MR) is 127 cm³/mol. The summed E-state index contributed by atoms with van der Waals surface area (Å²) in [6, 6.07) is 15.2. The van der Waals surface area contributed by atoms with E-state index in [4.69, 9.17) is 21.1 Å². The number of hydrogen-bond acceptors (Lipinski definition) is 6. The van der Waals surface area contributed by atoms with Gasteiger partial charge in [0.2, 0.25) is 0 Å². The van der Waals surface area contributed by atoms with Gasteiger partial charge in [-0.1, -0.05) is 35.9 Å². The van der Waals surface area contributed by atoms with Crippen LogP contribution >= 0.6 is 11.6 Å². The highest BCUT2D eigenvalue weighted by molar-refractivity contribution is 6.30. The van der Waals surface area contributed by atoms with Crippen LogP contribution in [0.2, 0.25) is 5.02 Å². The third-order valence-corrected chi connectivity index (χ3v) is 5.67. The first-order chi connectivity index (χ1) is 16.3. The van der Waals surface area contributed by atoms with Crippen LogP contribution in [0.25, 0.3) is 11.2 Å². The molecule has 9 nitrogen and oxygen atoms in total. The molecular formula is C24H23ClN4O5. The van der Waals surface area contributed by atoms with Gasteiger partial charge in [0.1, 0.15) is 12.4 Å². The Balaban J connectivity index is 1.28. The van der Waals surface area contributed by atoms with Gasteiger partial charge in [-0.25, -0.2) is 14.6 Å². The van der Waals surface area contributed by atoms with Crippen molar-refractivity contribution in [2.45, 2.75) is 13.0 Å². The van der Waals surface area contributed by atoms with Gasteiger partial charge in [-0.15, -0.1) is 0 Å². The summed E-state index contributed by atoms with van der Waals surface area (Å²) in [5.74, 6) is 0.0248. The van der Waals surface area contributed by atoms with E-state index >= 15 is 0 Å². The number of aryl methyl sites for hydroxylation is 1. The Hall–Kier alpha value is -3.85. The minimum absolute atomic E-state index is 0.0275. The van der Waals surface area contributed by atoms with E-state index in [2.05, 4.69) is 4.98 Å². The molecule has 10 heteroatoms. The highest BCUT2D eigenvalue weighted by Gasteiger charge is 2.14. The lowest BCUT2D eigenvalue weighted by molar-refractivity contribution is -0.146. The lowest BCUT2D eigenvalue weighted by Gasteiger charge is -2.09. The van der Waals surface area contributed by atoms with Gasteiger partial charge in [-0.2, -0.15) is 0 Å². The first-order valence-corrected chi connectivity index (χ1v) is 10.9. The number of fused-ring (bicyclic) bond motifs is 1. The second-order valence-electron chi connectivity index (χ2n) is 7.77. The first kappa shape index (κ1) is 23.3. The van der Waals surface area contributed by atoms with E-state index in [1.54, 1.807) is 23.7 Å². The standard InChI is InChI=1S/C24H23ClN4O5/c1-27-22-21(23(31)28(2)24(27)32)29(15-26-22)11-12-33-20(30)14-34-19-9-5-17(6-10-19)13-16-3-7-18(25)8-4-16/h3-10,15H,11-14H2,1-2H3. The maximum atomic E-state index is 12.4. The fourth-order valence-electron chi connectivity index (χ4n) is 3.55. The van der Waals surface area contributed by atoms with E-state index in [0.29, 0.717) is 10.8 Å². The minimum Gasteiger partial charge on any atom is -0.482 e. The molecule has 0 spiro atoms. The Labute approximate surface area is 199 Å². The molecule has 0 fully saturated rings. The molecule has 0 N–H and O–H groups in total. The van der Waals surface area contributed by atoms with Crippen molar-refractivity contribution in [2.75, 3.05) is 13.2 Å². The van der Waals surface area contributed by atoms with Gasteiger partial charge in [-0.05, 0) is 41.8 Å². The SMILES string of the molecule is Cn1c(=O)c2c(ncn2CCOC(=O)COc2ccc(Cc3ccc(Cl)cc3)cc2)n(C)c1=O. The number of nitrogens with zero attached hydrogens (tertiary/aromatic N) is 4. The molecule has 4 aromatic rings. The molecule has 2 heterocycles. The van der Waals surface area contributed by atoms with Crippen molar-refractivity contribution in [1.29, 1.82) is 0 Å². The molecule has 0 bridgehead atoms. The number of halogens is 1. The third-order valence-electron chi connectivity index (χ3n) is 5.41. The van der Waals surface area contributed by atoms with Gasteiger partial charge in [0.25, 0.3) is 5.56 Å². The molecule has 2 aromatic heterocycles. The zero-order valence-electron chi connectivity index (χ0n) is 18.7. The molecule has 0 aliphatic rings. The Kier molecular flexibility index (Phi) is 6.83. The molecule has 34 heavy (non-hydrogen) atoms. The van der Waals surface area contributed by atoms with Crippen molar-refractivity contribution in [3.8, 4) is 5.75 Å². The van der Waals surface area contributed by atoms with Crippen LogP contribution in [0.4, 0.5) is 0 Å². The van der Waals surface area contributed by atoms with Crippen LogP contribution in [0.5, 0.6) is 5.75 Å². The van der Waals surface area contributed by atoms with Crippen LogP contribution in [0.15, 0.2) is 64.4 Å². The predicted octanol–water partition coefficient (Wildman–Crippen LogP) is 2.30. The molecule has 0 saturated carbocycles. The van der Waals surface area contributed by atoms with Crippen LogP contribution in [0.1, 0.15) is 11.1 Å². The summed E-state index contributed by atoms with van der Waals surface area (Å²) in [5, 5.41) is 0.703. The summed E-state index contributed by atoms with van der Waals surface area (Å²) in [5.41, 5.74) is 1.90. The number of hydrogen-bond donors (Lipinski definition) is 0. The average Bonchev–Trinajstić information content (AvgIpc) is 3.26. The maximum absolute atomic E-state index is 12.4. The molecule has 0 aliphatic carbocycles. The highest BCUT2D eigenvalue weighted by atomic mass is 35.5. The van der Waals surface area contributed by atoms with E-state index in [0.717, 1.165) is 22.1 Å². The van der Waals surface area contributed by atoms with Crippen LogP contribution in [-0.4, -0.2) is 37.9 Å². The Morgan fingerprint density at radius 2 is 1.62 bits per heavy atom. The number of imidazole rings is 1. The third kappa shape index (κ3) is 5.04. The van der Waals surface area contributed by atoms with E-state index in [9.17, 15) is 14.4 Å². The van der Waals surface area contributed by atoms with Crippen LogP contribution in [0.3, 0.4) is 0 Å². The molecule has 176 valence electrons. The summed E-state index contributed by atoms with van der Waals surface area (Å²) in [4.78, 5) is 40.6. The average molecular weight is 483 g/mol. The molecule has 0 atom stereocenters. The lowest BCUT2D eigenvalue weighted by Crippen LogP contribution is -2.37. The van der Waals surface area contributed by atoms with E-state index < -0.39 is 17.2 Å².